The fourth-order valence-corrected chi connectivity index (χ4v) is 0.548. The van der Waals surface area contributed by atoms with E-state index in [0.717, 1.165) is 12.0 Å². The highest BCUT2D eigenvalue weighted by molar-refractivity contribution is 5.34. The quantitative estimate of drug-likeness (QED) is 0.422. The van der Waals surface area contributed by atoms with Gasteiger partial charge in [0.2, 0.25) is 0 Å². The summed E-state index contributed by atoms with van der Waals surface area (Å²) in [5, 5.41) is 8.51. The van der Waals surface area contributed by atoms with Gasteiger partial charge in [-0.05, 0) is 26.3 Å². The summed E-state index contributed by atoms with van der Waals surface area (Å²) < 4.78 is 0. The molecule has 10 heavy (non-hydrogen) atoms. The van der Waals surface area contributed by atoms with Gasteiger partial charge in [-0.25, -0.2) is 0 Å². The normalized spacial score (nSPS) is 13.0. The van der Waals surface area contributed by atoms with Crippen molar-refractivity contribution in [2.45, 2.75) is 27.2 Å². The SMILES string of the molecule is C/C=C(C#N)\C=C(\C)CC. The first-order valence-electron chi connectivity index (χ1n) is 3.48. The van der Waals surface area contributed by atoms with Crippen LogP contribution in [-0.4, -0.2) is 0 Å². The summed E-state index contributed by atoms with van der Waals surface area (Å²) in [5.74, 6) is 0. The van der Waals surface area contributed by atoms with E-state index in [1.165, 1.54) is 5.57 Å². The number of nitrogens with zero attached hydrogens (tertiary/aromatic N) is 1. The van der Waals surface area contributed by atoms with Gasteiger partial charge in [-0.3, -0.25) is 0 Å². The molecule has 54 valence electrons. The number of hydrogen-bond donors (Lipinski definition) is 0. The minimum absolute atomic E-state index is 0.749. The first-order valence-corrected chi connectivity index (χ1v) is 3.48. The standard InChI is InChI=1S/C9H13N/c1-4-8(3)6-9(5-2)7-10/h5-6H,4H2,1-3H3/b8-6-,9-5+. The van der Waals surface area contributed by atoms with Crippen LogP contribution < -0.4 is 0 Å². The second kappa shape index (κ2) is 4.81. The van der Waals surface area contributed by atoms with Gasteiger partial charge >= 0.3 is 0 Å². The fourth-order valence-electron chi connectivity index (χ4n) is 0.548. The van der Waals surface area contributed by atoms with E-state index in [1.807, 2.05) is 26.0 Å². The topological polar surface area (TPSA) is 23.8 Å². The van der Waals surface area contributed by atoms with Gasteiger partial charge in [0.05, 0.1) is 6.07 Å². The summed E-state index contributed by atoms with van der Waals surface area (Å²) in [6.45, 7) is 5.98. The average molecular weight is 135 g/mol. The fraction of sp³-hybridized carbons (Fsp3) is 0.444. The zero-order valence-electron chi connectivity index (χ0n) is 6.81. The van der Waals surface area contributed by atoms with Crippen molar-refractivity contribution in [1.82, 2.24) is 0 Å². The van der Waals surface area contributed by atoms with E-state index in [0.29, 0.717) is 0 Å². The lowest BCUT2D eigenvalue weighted by molar-refractivity contribution is 1.10. The van der Waals surface area contributed by atoms with Gasteiger partial charge in [-0.1, -0.05) is 18.6 Å². The highest BCUT2D eigenvalue weighted by atomic mass is 14.2. The third kappa shape index (κ3) is 3.09. The van der Waals surface area contributed by atoms with E-state index in [1.54, 1.807) is 0 Å². The Morgan fingerprint density at radius 2 is 2.20 bits per heavy atom. The van der Waals surface area contributed by atoms with Crippen molar-refractivity contribution in [1.29, 1.82) is 5.26 Å². The molecule has 0 saturated heterocycles. The largest absolute Gasteiger partial charge is 0.192 e. The molecule has 0 aromatic heterocycles. The Hall–Kier alpha value is -1.03. The van der Waals surface area contributed by atoms with Gasteiger partial charge in [0.25, 0.3) is 0 Å². The smallest absolute Gasteiger partial charge is 0.0988 e. The van der Waals surface area contributed by atoms with Crippen LogP contribution in [0.2, 0.25) is 0 Å². The van der Waals surface area contributed by atoms with E-state index < -0.39 is 0 Å². The maximum Gasteiger partial charge on any atom is 0.0988 e. The van der Waals surface area contributed by atoms with Crippen molar-refractivity contribution in [3.63, 3.8) is 0 Å². The van der Waals surface area contributed by atoms with Crippen molar-refractivity contribution in [2.24, 2.45) is 0 Å². The summed E-state index contributed by atoms with van der Waals surface area (Å²) in [6, 6.07) is 2.10. The monoisotopic (exact) mass is 135 g/mol. The number of rotatable bonds is 2. The van der Waals surface area contributed by atoms with Crippen LogP contribution in [0.3, 0.4) is 0 Å². The number of nitriles is 1. The van der Waals surface area contributed by atoms with Crippen molar-refractivity contribution >= 4 is 0 Å². The van der Waals surface area contributed by atoms with Gasteiger partial charge in [-0.15, -0.1) is 0 Å². The number of hydrogen-bond acceptors (Lipinski definition) is 1. The molecular formula is C9H13N. The first kappa shape index (κ1) is 8.97. The molecule has 0 fully saturated rings. The molecule has 0 N–H and O–H groups in total. The second-order valence-electron chi connectivity index (χ2n) is 2.20. The molecule has 0 aliphatic carbocycles. The van der Waals surface area contributed by atoms with Crippen LogP contribution in [0.15, 0.2) is 23.3 Å². The molecule has 0 unspecified atom stereocenters. The van der Waals surface area contributed by atoms with Crippen molar-refractivity contribution in [3.05, 3.63) is 23.3 Å². The summed E-state index contributed by atoms with van der Waals surface area (Å²) in [6.07, 6.45) is 4.75. The van der Waals surface area contributed by atoms with Crippen molar-refractivity contribution < 1.29 is 0 Å². The molecule has 0 rings (SSSR count). The Balaban J connectivity index is 4.27. The Bertz CT molecular complexity index is 191. The van der Waals surface area contributed by atoms with E-state index in [9.17, 15) is 0 Å². The van der Waals surface area contributed by atoms with Gasteiger partial charge in [0, 0.05) is 5.57 Å². The second-order valence-corrected chi connectivity index (χ2v) is 2.20. The van der Waals surface area contributed by atoms with Crippen LogP contribution >= 0.6 is 0 Å². The van der Waals surface area contributed by atoms with Crippen LogP contribution in [0.5, 0.6) is 0 Å². The molecule has 0 atom stereocenters. The third-order valence-corrected chi connectivity index (χ3v) is 1.40. The molecule has 0 aliphatic rings. The zero-order valence-corrected chi connectivity index (χ0v) is 6.81. The predicted octanol–water partition coefficient (Wildman–Crippen LogP) is 2.81. The van der Waals surface area contributed by atoms with E-state index in [4.69, 9.17) is 5.26 Å². The Morgan fingerprint density at radius 3 is 2.50 bits per heavy atom. The van der Waals surface area contributed by atoms with Crippen LogP contribution in [0, 0.1) is 11.3 Å². The summed E-state index contributed by atoms with van der Waals surface area (Å²) in [4.78, 5) is 0. The molecule has 0 aromatic rings. The van der Waals surface area contributed by atoms with Crippen LogP contribution in [0.1, 0.15) is 27.2 Å². The highest BCUT2D eigenvalue weighted by Gasteiger charge is 1.87. The minimum Gasteiger partial charge on any atom is -0.192 e. The lowest BCUT2D eigenvalue weighted by Crippen LogP contribution is -1.75. The molecular weight excluding hydrogens is 122 g/mol. The van der Waals surface area contributed by atoms with Crippen LogP contribution in [-0.2, 0) is 0 Å². The number of allylic oxidation sites excluding steroid dienone is 4. The Labute approximate surface area is 62.7 Å². The Kier molecular flexibility index (Phi) is 4.32. The molecule has 0 radical (unpaired) electrons. The van der Waals surface area contributed by atoms with E-state index in [-0.39, 0.29) is 0 Å². The molecule has 0 spiro atoms. The molecule has 0 saturated carbocycles. The predicted molar refractivity (Wildman–Crippen MR) is 43.4 cm³/mol. The minimum atomic E-state index is 0.749. The third-order valence-electron chi connectivity index (χ3n) is 1.40. The molecule has 0 heterocycles. The molecule has 0 bridgehead atoms. The van der Waals surface area contributed by atoms with Gasteiger partial charge in [0.15, 0.2) is 0 Å². The molecule has 0 aromatic carbocycles. The van der Waals surface area contributed by atoms with Crippen LogP contribution in [0.25, 0.3) is 0 Å². The first-order chi connectivity index (χ1) is 4.74. The summed E-state index contributed by atoms with van der Waals surface area (Å²) >= 11 is 0. The molecule has 0 aliphatic heterocycles. The van der Waals surface area contributed by atoms with Gasteiger partial charge in [-0.2, -0.15) is 5.26 Å². The maximum absolute atomic E-state index is 8.51. The molecule has 1 nitrogen and oxygen atoms in total. The lowest BCUT2D eigenvalue weighted by Gasteiger charge is -1.91. The van der Waals surface area contributed by atoms with Crippen molar-refractivity contribution in [3.8, 4) is 6.07 Å². The summed E-state index contributed by atoms with van der Waals surface area (Å²) in [7, 11) is 0. The van der Waals surface area contributed by atoms with E-state index >= 15 is 0 Å². The highest BCUT2D eigenvalue weighted by Crippen LogP contribution is 2.03. The van der Waals surface area contributed by atoms with Gasteiger partial charge in [0.1, 0.15) is 0 Å². The summed E-state index contributed by atoms with van der Waals surface area (Å²) in [5.41, 5.74) is 1.99. The van der Waals surface area contributed by atoms with Crippen LogP contribution in [0.4, 0.5) is 0 Å². The molecule has 0 amide bonds. The molecule has 1 heteroatoms. The Morgan fingerprint density at radius 1 is 1.60 bits per heavy atom. The maximum atomic E-state index is 8.51. The van der Waals surface area contributed by atoms with E-state index in [2.05, 4.69) is 13.0 Å². The van der Waals surface area contributed by atoms with Crippen molar-refractivity contribution in [2.75, 3.05) is 0 Å². The average Bonchev–Trinajstić information content (AvgIpc) is 1.99. The lowest BCUT2D eigenvalue weighted by atomic mass is 10.1. The zero-order chi connectivity index (χ0) is 7.98. The van der Waals surface area contributed by atoms with Gasteiger partial charge < -0.3 is 0 Å².